The second kappa shape index (κ2) is 6.97. The molecule has 0 radical (unpaired) electrons. The first kappa shape index (κ1) is 14.5. The van der Waals surface area contributed by atoms with Gasteiger partial charge in [-0.1, -0.05) is 30.3 Å². The van der Waals surface area contributed by atoms with Crippen LogP contribution in [0.15, 0.2) is 42.2 Å². The fourth-order valence-corrected chi connectivity index (χ4v) is 1.91. The van der Waals surface area contributed by atoms with Crippen LogP contribution in [0.3, 0.4) is 0 Å². The quantitative estimate of drug-likeness (QED) is 0.331. The van der Waals surface area contributed by atoms with Crippen LogP contribution < -0.4 is 34.7 Å². The maximum absolute atomic E-state index is 11.3. The van der Waals surface area contributed by atoms with E-state index < -0.39 is 0 Å². The molecule has 84 valence electrons. The van der Waals surface area contributed by atoms with Gasteiger partial charge in [-0.25, -0.2) is 0 Å². The van der Waals surface area contributed by atoms with E-state index in [0.29, 0.717) is 24.8 Å². The zero-order valence-corrected chi connectivity index (χ0v) is 12.1. The minimum atomic E-state index is -0.000637. The molecule has 17 heavy (non-hydrogen) atoms. The van der Waals surface area contributed by atoms with Gasteiger partial charge in [0.2, 0.25) is 0 Å². The Morgan fingerprint density at radius 2 is 2.00 bits per heavy atom. The van der Waals surface area contributed by atoms with Crippen LogP contribution >= 0.6 is 0 Å². The van der Waals surface area contributed by atoms with Crippen molar-refractivity contribution in [3.8, 4) is 0 Å². The Morgan fingerprint density at radius 1 is 1.29 bits per heavy atom. The second-order valence-electron chi connectivity index (χ2n) is 4.01. The number of piperidine rings is 1. The minimum absolute atomic E-state index is 0. The van der Waals surface area contributed by atoms with Crippen LogP contribution in [0.1, 0.15) is 12.0 Å². The third-order valence-corrected chi connectivity index (χ3v) is 2.80. The second-order valence-corrected chi connectivity index (χ2v) is 4.01. The van der Waals surface area contributed by atoms with E-state index in [2.05, 4.69) is 17.0 Å². The molecule has 3 nitrogen and oxygen atoms in total. The zero-order valence-electron chi connectivity index (χ0n) is 10.1. The average Bonchev–Trinajstić information content (AvgIpc) is 2.33. The normalized spacial score (nSPS) is 19.1. The van der Waals surface area contributed by atoms with E-state index in [-0.39, 0.29) is 35.3 Å². The molecule has 1 heterocycles. The summed E-state index contributed by atoms with van der Waals surface area (Å²) in [6, 6.07) is 10.1. The van der Waals surface area contributed by atoms with Crippen molar-refractivity contribution < 1.29 is 39.5 Å². The summed E-state index contributed by atoms with van der Waals surface area (Å²) in [5, 5.41) is 10.7. The van der Waals surface area contributed by atoms with Gasteiger partial charge in [0.25, 0.3) is 0 Å². The Labute approximate surface area is 123 Å². The summed E-state index contributed by atoms with van der Waals surface area (Å²) in [6.07, 6.45) is 1.15. The number of hydrogen-bond acceptors (Lipinski definition) is 3. The van der Waals surface area contributed by atoms with Gasteiger partial charge in [-0.3, -0.25) is 9.69 Å². The van der Waals surface area contributed by atoms with Crippen LogP contribution in [0.25, 0.3) is 0 Å². The zero-order chi connectivity index (χ0) is 11.4. The van der Waals surface area contributed by atoms with Gasteiger partial charge in [0.1, 0.15) is 0 Å². The van der Waals surface area contributed by atoms with Crippen molar-refractivity contribution in [3.63, 3.8) is 0 Å². The molecule has 2 rings (SSSR count). The number of nitrogens with zero attached hydrogens (tertiary/aromatic N) is 1. The van der Waals surface area contributed by atoms with E-state index in [1.807, 2.05) is 18.2 Å². The van der Waals surface area contributed by atoms with E-state index in [0.717, 1.165) is 13.1 Å². The summed E-state index contributed by atoms with van der Waals surface area (Å²) in [7, 11) is 0. The van der Waals surface area contributed by atoms with E-state index in [1.54, 1.807) is 0 Å². The van der Waals surface area contributed by atoms with Crippen molar-refractivity contribution in [2.45, 2.75) is 13.0 Å². The van der Waals surface area contributed by atoms with Gasteiger partial charge in [0.05, 0.1) is 0 Å². The predicted molar refractivity (Wildman–Crippen MR) is 59.4 cm³/mol. The Kier molecular flexibility index (Phi) is 5.92. The van der Waals surface area contributed by atoms with Crippen LogP contribution in [0.2, 0.25) is 0 Å². The molecular formula is C13H14NNaO2. The number of rotatable bonds is 2. The molecule has 0 atom stereocenters. The number of likely N-dealkylation sites (tertiary alicyclic amines) is 1. The first-order chi connectivity index (χ1) is 7.79. The van der Waals surface area contributed by atoms with Gasteiger partial charge in [-0.15, -0.1) is 6.26 Å². The SMILES string of the molecule is O=C1CCN(Cc2ccccc2)C/C1=C/[O-].[Na+]. The maximum atomic E-state index is 11.3. The average molecular weight is 239 g/mol. The van der Waals surface area contributed by atoms with Crippen molar-refractivity contribution in [1.29, 1.82) is 0 Å². The summed E-state index contributed by atoms with van der Waals surface area (Å²) in [6.45, 7) is 2.02. The molecule has 0 unspecified atom stereocenters. The molecule has 0 aromatic heterocycles. The van der Waals surface area contributed by atoms with Crippen LogP contribution in [0.5, 0.6) is 0 Å². The Hall–Kier alpha value is -0.610. The number of Topliss-reactive ketones (excluding diaryl/α,β-unsaturated/α-hetero) is 1. The molecule has 0 aliphatic carbocycles. The topological polar surface area (TPSA) is 43.4 Å². The molecule has 0 spiro atoms. The van der Waals surface area contributed by atoms with E-state index in [9.17, 15) is 9.90 Å². The minimum Gasteiger partial charge on any atom is -0.878 e. The smallest absolute Gasteiger partial charge is 0.878 e. The monoisotopic (exact) mass is 239 g/mol. The van der Waals surface area contributed by atoms with Gasteiger partial charge in [-0.05, 0) is 11.1 Å². The molecule has 1 saturated heterocycles. The van der Waals surface area contributed by atoms with Crippen LogP contribution in [-0.4, -0.2) is 23.8 Å². The molecule has 0 bridgehead atoms. The first-order valence-electron chi connectivity index (χ1n) is 5.40. The van der Waals surface area contributed by atoms with Gasteiger partial charge in [0.15, 0.2) is 5.78 Å². The van der Waals surface area contributed by atoms with E-state index in [4.69, 9.17) is 0 Å². The van der Waals surface area contributed by atoms with Crippen molar-refractivity contribution >= 4 is 5.78 Å². The molecule has 1 aromatic carbocycles. The molecule has 0 saturated carbocycles. The molecule has 1 aliphatic rings. The van der Waals surface area contributed by atoms with Crippen LogP contribution in [0, 0.1) is 0 Å². The summed E-state index contributed by atoms with van der Waals surface area (Å²) in [4.78, 5) is 13.5. The number of carbonyl (C=O) groups is 1. The molecule has 1 fully saturated rings. The third-order valence-electron chi connectivity index (χ3n) is 2.80. The summed E-state index contributed by atoms with van der Waals surface area (Å²) in [5.74, 6) is -0.000637. The molecule has 4 heteroatoms. The number of carbonyl (C=O) groups excluding carboxylic acids is 1. The first-order valence-corrected chi connectivity index (χ1v) is 5.40. The summed E-state index contributed by atoms with van der Waals surface area (Å²) < 4.78 is 0. The number of hydrogen-bond donors (Lipinski definition) is 0. The molecule has 0 amide bonds. The molecule has 1 aliphatic heterocycles. The Bertz CT molecular complexity index is 403. The maximum Gasteiger partial charge on any atom is 1.00 e. The Balaban J connectivity index is 0.00000144. The third kappa shape index (κ3) is 3.96. The van der Waals surface area contributed by atoms with Crippen LogP contribution in [0.4, 0.5) is 0 Å². The van der Waals surface area contributed by atoms with Gasteiger partial charge < -0.3 is 5.11 Å². The summed E-state index contributed by atoms with van der Waals surface area (Å²) >= 11 is 0. The van der Waals surface area contributed by atoms with Gasteiger partial charge in [-0.2, -0.15) is 0 Å². The molecule has 1 aromatic rings. The fourth-order valence-electron chi connectivity index (χ4n) is 1.91. The molecule has 0 N–H and O–H groups in total. The van der Waals surface area contributed by atoms with Crippen molar-refractivity contribution in [3.05, 3.63) is 47.7 Å². The predicted octanol–water partition coefficient (Wildman–Crippen LogP) is -2.29. The van der Waals surface area contributed by atoms with Gasteiger partial charge >= 0.3 is 29.6 Å². The number of benzene rings is 1. The van der Waals surface area contributed by atoms with Crippen molar-refractivity contribution in [1.82, 2.24) is 4.90 Å². The van der Waals surface area contributed by atoms with Crippen LogP contribution in [-0.2, 0) is 11.3 Å². The summed E-state index contributed by atoms with van der Waals surface area (Å²) in [5.41, 5.74) is 1.62. The van der Waals surface area contributed by atoms with E-state index in [1.165, 1.54) is 5.56 Å². The number of ketones is 1. The molecular weight excluding hydrogens is 225 g/mol. The van der Waals surface area contributed by atoms with E-state index >= 15 is 0 Å². The van der Waals surface area contributed by atoms with Gasteiger partial charge in [0, 0.05) is 26.1 Å². The van der Waals surface area contributed by atoms with Crippen molar-refractivity contribution in [2.75, 3.05) is 13.1 Å². The standard InChI is InChI=1S/C13H15NO2.Na/c15-10-12-9-14(7-6-13(12)16)8-11-4-2-1-3-5-11;/h1-5,10,15H,6-9H2;/q;+1/p-1/b12-10-;. The Morgan fingerprint density at radius 3 is 2.65 bits per heavy atom. The fraction of sp³-hybridized carbons (Fsp3) is 0.308. The van der Waals surface area contributed by atoms with Crippen molar-refractivity contribution in [2.24, 2.45) is 0 Å². The largest absolute Gasteiger partial charge is 1.00 e.